The molecule has 1 unspecified atom stereocenters. The van der Waals surface area contributed by atoms with Crippen molar-refractivity contribution in [1.82, 2.24) is 10.2 Å². The monoisotopic (exact) mass is 629 g/mol. The maximum absolute atomic E-state index is 14.0. The number of hydrogen-bond acceptors (Lipinski definition) is 5. The minimum absolute atomic E-state index is 0.0583. The van der Waals surface area contributed by atoms with Gasteiger partial charge in [-0.2, -0.15) is 0 Å². The third-order valence-electron chi connectivity index (χ3n) is 6.34. The molecule has 10 heteroatoms. The van der Waals surface area contributed by atoms with Gasteiger partial charge in [0.25, 0.3) is 10.0 Å². The van der Waals surface area contributed by atoms with Crippen LogP contribution in [0.25, 0.3) is 0 Å². The molecule has 0 saturated carbocycles. The van der Waals surface area contributed by atoms with Crippen molar-refractivity contribution in [1.29, 1.82) is 0 Å². The summed E-state index contributed by atoms with van der Waals surface area (Å²) in [6.07, 6.45) is 0. The maximum atomic E-state index is 14.0. The highest BCUT2D eigenvalue weighted by atomic mass is 79.9. The molecule has 0 fully saturated rings. The Balaban J connectivity index is 2.02. The summed E-state index contributed by atoms with van der Waals surface area (Å²) in [6.45, 7) is 7.57. The molecule has 0 spiro atoms. The zero-order valence-corrected chi connectivity index (χ0v) is 25.8. The Kier molecular flexibility index (Phi) is 10.8. The third kappa shape index (κ3) is 8.08. The summed E-state index contributed by atoms with van der Waals surface area (Å²) in [5.41, 5.74) is 2.00. The Morgan fingerprint density at radius 2 is 1.62 bits per heavy atom. The van der Waals surface area contributed by atoms with Crippen molar-refractivity contribution in [3.8, 4) is 5.75 Å². The molecule has 3 rings (SSSR count). The standard InChI is InChI=1S/C30H36BrN3O5S/c1-21(2)18-32-30(36)23(4)33(19-24-7-6-8-25(31)17-24)29(35)20-34(26-11-13-27(39-5)14-12-26)40(37,38)28-15-9-22(3)10-16-28/h6-17,21,23H,18-20H2,1-5H3,(H,32,36). The highest BCUT2D eigenvalue weighted by molar-refractivity contribution is 9.10. The van der Waals surface area contributed by atoms with Gasteiger partial charge in [0.15, 0.2) is 0 Å². The molecule has 0 aliphatic heterocycles. The molecule has 0 aromatic heterocycles. The molecule has 0 heterocycles. The molecule has 8 nitrogen and oxygen atoms in total. The zero-order valence-electron chi connectivity index (χ0n) is 23.4. The van der Waals surface area contributed by atoms with Crippen LogP contribution in [0.2, 0.25) is 0 Å². The lowest BCUT2D eigenvalue weighted by molar-refractivity contribution is -0.139. The number of ether oxygens (including phenoxy) is 1. The van der Waals surface area contributed by atoms with Gasteiger partial charge < -0.3 is 15.0 Å². The van der Waals surface area contributed by atoms with Gasteiger partial charge in [0, 0.05) is 17.6 Å². The van der Waals surface area contributed by atoms with E-state index in [1.165, 1.54) is 24.1 Å². The van der Waals surface area contributed by atoms with Gasteiger partial charge >= 0.3 is 0 Å². The number of carbonyl (C=O) groups is 2. The van der Waals surface area contributed by atoms with Crippen molar-refractivity contribution < 1.29 is 22.7 Å². The van der Waals surface area contributed by atoms with E-state index in [9.17, 15) is 18.0 Å². The SMILES string of the molecule is COc1ccc(N(CC(=O)N(Cc2cccc(Br)c2)C(C)C(=O)NCC(C)C)S(=O)(=O)c2ccc(C)cc2)cc1. The lowest BCUT2D eigenvalue weighted by atomic mass is 10.1. The smallest absolute Gasteiger partial charge is 0.264 e. The fourth-order valence-corrected chi connectivity index (χ4v) is 5.84. The van der Waals surface area contributed by atoms with Crippen LogP contribution in [0.3, 0.4) is 0 Å². The highest BCUT2D eigenvalue weighted by Gasteiger charge is 2.32. The Morgan fingerprint density at radius 1 is 0.975 bits per heavy atom. The Labute approximate surface area is 245 Å². The van der Waals surface area contributed by atoms with Gasteiger partial charge in [-0.3, -0.25) is 13.9 Å². The quantitative estimate of drug-likeness (QED) is 0.299. The van der Waals surface area contributed by atoms with E-state index in [-0.39, 0.29) is 23.3 Å². The number of sulfonamides is 1. The van der Waals surface area contributed by atoms with E-state index in [0.717, 1.165) is 19.9 Å². The lowest BCUT2D eigenvalue weighted by Gasteiger charge is -2.32. The van der Waals surface area contributed by atoms with Crippen molar-refractivity contribution >= 4 is 43.5 Å². The predicted molar refractivity (Wildman–Crippen MR) is 161 cm³/mol. The van der Waals surface area contributed by atoms with Gasteiger partial charge in [-0.05, 0) is 73.9 Å². The molecule has 0 aliphatic carbocycles. The van der Waals surface area contributed by atoms with Crippen molar-refractivity contribution in [3.05, 3.63) is 88.4 Å². The number of methoxy groups -OCH3 is 1. The second-order valence-electron chi connectivity index (χ2n) is 9.99. The summed E-state index contributed by atoms with van der Waals surface area (Å²) < 4.78 is 34.9. The molecule has 3 aromatic rings. The molecule has 1 N–H and O–H groups in total. The number of aryl methyl sites for hydroxylation is 1. The fraction of sp³-hybridized carbons (Fsp3) is 0.333. The highest BCUT2D eigenvalue weighted by Crippen LogP contribution is 2.27. The second-order valence-corrected chi connectivity index (χ2v) is 12.8. The van der Waals surface area contributed by atoms with Gasteiger partial charge in [0.1, 0.15) is 18.3 Å². The number of halogens is 1. The number of hydrogen-bond donors (Lipinski definition) is 1. The summed E-state index contributed by atoms with van der Waals surface area (Å²) in [6, 6.07) is 19.5. The third-order valence-corrected chi connectivity index (χ3v) is 8.62. The van der Waals surface area contributed by atoms with Crippen molar-refractivity contribution in [2.75, 3.05) is 24.5 Å². The van der Waals surface area contributed by atoms with Crippen LogP contribution in [-0.2, 0) is 26.2 Å². The number of amides is 2. The van der Waals surface area contributed by atoms with Crippen LogP contribution in [0.1, 0.15) is 31.9 Å². The molecule has 40 heavy (non-hydrogen) atoms. The van der Waals surface area contributed by atoms with Crippen LogP contribution >= 0.6 is 15.9 Å². The predicted octanol–water partition coefficient (Wildman–Crippen LogP) is 5.15. The van der Waals surface area contributed by atoms with Gasteiger partial charge in [-0.25, -0.2) is 8.42 Å². The molecular weight excluding hydrogens is 594 g/mol. The summed E-state index contributed by atoms with van der Waals surface area (Å²) in [4.78, 5) is 28.5. The normalized spacial score (nSPS) is 12.1. The van der Waals surface area contributed by atoms with E-state index in [0.29, 0.717) is 18.0 Å². The van der Waals surface area contributed by atoms with Crippen LogP contribution in [0, 0.1) is 12.8 Å². The first-order valence-electron chi connectivity index (χ1n) is 13.0. The molecular formula is C30H36BrN3O5S. The number of rotatable bonds is 12. The van der Waals surface area contributed by atoms with Gasteiger partial charge in [0.05, 0.1) is 17.7 Å². The fourth-order valence-electron chi connectivity index (χ4n) is 3.98. The molecule has 2 amide bonds. The van der Waals surface area contributed by atoms with Crippen LogP contribution in [-0.4, -0.2) is 51.4 Å². The van der Waals surface area contributed by atoms with E-state index in [2.05, 4.69) is 21.2 Å². The van der Waals surface area contributed by atoms with Crippen LogP contribution < -0.4 is 14.4 Å². The maximum Gasteiger partial charge on any atom is 0.264 e. The Bertz CT molecular complexity index is 1410. The second kappa shape index (κ2) is 13.8. The zero-order chi connectivity index (χ0) is 29.4. The minimum atomic E-state index is -4.13. The van der Waals surface area contributed by atoms with Crippen LogP contribution in [0.5, 0.6) is 5.75 Å². The summed E-state index contributed by atoms with van der Waals surface area (Å²) in [7, 11) is -2.61. The minimum Gasteiger partial charge on any atom is -0.497 e. The Hall–Kier alpha value is -3.37. The first-order chi connectivity index (χ1) is 18.9. The Morgan fingerprint density at radius 3 is 2.20 bits per heavy atom. The van der Waals surface area contributed by atoms with E-state index in [1.54, 1.807) is 43.3 Å². The summed E-state index contributed by atoms with van der Waals surface area (Å²) >= 11 is 3.45. The lowest BCUT2D eigenvalue weighted by Crippen LogP contribution is -2.51. The van der Waals surface area contributed by atoms with Crippen molar-refractivity contribution in [2.45, 2.75) is 45.2 Å². The van der Waals surface area contributed by atoms with E-state index < -0.39 is 28.5 Å². The number of nitrogens with zero attached hydrogens (tertiary/aromatic N) is 2. The molecule has 0 saturated heterocycles. The van der Waals surface area contributed by atoms with E-state index in [4.69, 9.17) is 4.74 Å². The van der Waals surface area contributed by atoms with Gasteiger partial charge in [0.2, 0.25) is 11.8 Å². The van der Waals surface area contributed by atoms with E-state index in [1.807, 2.05) is 45.0 Å². The van der Waals surface area contributed by atoms with Crippen LogP contribution in [0.4, 0.5) is 5.69 Å². The molecule has 0 aliphatic rings. The largest absolute Gasteiger partial charge is 0.497 e. The number of benzene rings is 3. The summed E-state index contributed by atoms with van der Waals surface area (Å²) in [5, 5.41) is 2.89. The molecule has 0 bridgehead atoms. The van der Waals surface area contributed by atoms with Crippen LogP contribution in [0.15, 0.2) is 82.2 Å². The molecule has 3 aromatic carbocycles. The first kappa shape index (κ1) is 31.2. The van der Waals surface area contributed by atoms with Crippen molar-refractivity contribution in [2.24, 2.45) is 5.92 Å². The number of anilines is 1. The molecule has 0 radical (unpaired) electrons. The number of nitrogens with one attached hydrogen (secondary N) is 1. The first-order valence-corrected chi connectivity index (χ1v) is 15.2. The molecule has 1 atom stereocenters. The van der Waals surface area contributed by atoms with E-state index >= 15 is 0 Å². The average Bonchev–Trinajstić information content (AvgIpc) is 2.93. The molecule has 214 valence electrons. The topological polar surface area (TPSA) is 96.0 Å². The summed E-state index contributed by atoms with van der Waals surface area (Å²) in [5.74, 6) is -0.0433. The van der Waals surface area contributed by atoms with Gasteiger partial charge in [-0.1, -0.05) is 59.6 Å². The van der Waals surface area contributed by atoms with Crippen molar-refractivity contribution in [3.63, 3.8) is 0 Å². The number of carbonyl (C=O) groups excluding carboxylic acids is 2. The van der Waals surface area contributed by atoms with Gasteiger partial charge in [-0.15, -0.1) is 0 Å². The average molecular weight is 631 g/mol.